The average Bonchev–Trinajstić information content (AvgIpc) is 2.71. The summed E-state index contributed by atoms with van der Waals surface area (Å²) >= 11 is 1.74. The van der Waals surface area contributed by atoms with Crippen LogP contribution >= 0.6 is 22.1 Å². The van der Waals surface area contributed by atoms with Gasteiger partial charge in [-0.2, -0.15) is 11.8 Å². The zero-order valence-corrected chi connectivity index (χ0v) is 19.8. The summed E-state index contributed by atoms with van der Waals surface area (Å²) in [6.45, 7) is 12.5. The summed E-state index contributed by atoms with van der Waals surface area (Å²) in [7, 11) is 0.856. The maximum Gasteiger partial charge on any atom is 0.0863 e. The lowest BCUT2D eigenvalue weighted by Crippen LogP contribution is -2.19. The molecule has 1 aromatic rings. The molecule has 0 fully saturated rings. The molecule has 0 amide bonds. The number of ether oxygens (including phenoxy) is 1. The van der Waals surface area contributed by atoms with Crippen molar-refractivity contribution >= 4 is 22.1 Å². The van der Waals surface area contributed by atoms with Gasteiger partial charge < -0.3 is 14.0 Å². The van der Waals surface area contributed by atoms with E-state index in [0.29, 0.717) is 19.0 Å². The summed E-state index contributed by atoms with van der Waals surface area (Å²) in [4.78, 5) is 0. The quantitative estimate of drug-likeness (QED) is 0.257. The third-order valence-electron chi connectivity index (χ3n) is 3.44. The van der Waals surface area contributed by atoms with Crippen molar-refractivity contribution in [3.05, 3.63) is 73.9 Å². The topological polar surface area (TPSA) is 38.7 Å². The molecule has 0 saturated heterocycles. The van der Waals surface area contributed by atoms with Crippen molar-refractivity contribution in [3.8, 4) is 0 Å². The lowest BCUT2D eigenvalue weighted by molar-refractivity contribution is 0.0491. The van der Waals surface area contributed by atoms with E-state index in [1.165, 1.54) is 5.56 Å². The Balaban J connectivity index is 0. The molecule has 1 rings (SSSR count). The molecule has 0 aliphatic carbocycles. The number of thioether (sulfide) groups is 1. The van der Waals surface area contributed by atoms with Crippen LogP contribution in [0, 0.1) is 0 Å². The Morgan fingerprint density at radius 1 is 1.21 bits per heavy atom. The molecule has 3 nitrogen and oxygen atoms in total. The van der Waals surface area contributed by atoms with Crippen LogP contribution in [0.4, 0.5) is 0 Å². The Morgan fingerprint density at radius 3 is 2.36 bits per heavy atom. The highest BCUT2D eigenvalue weighted by Gasteiger charge is 2.09. The Hall–Kier alpha value is -0.980. The molecule has 0 heterocycles. The molecule has 1 unspecified atom stereocenters. The monoisotopic (exact) mass is 428 g/mol. The van der Waals surface area contributed by atoms with Crippen molar-refractivity contribution in [2.75, 3.05) is 44.3 Å². The first-order valence-corrected chi connectivity index (χ1v) is 13.0. The number of aliphatic hydroxyl groups is 1. The van der Waals surface area contributed by atoms with Crippen molar-refractivity contribution < 1.29 is 14.0 Å². The molecule has 162 valence electrons. The molecule has 0 saturated carbocycles. The second kappa shape index (κ2) is 20.7. The van der Waals surface area contributed by atoms with Crippen molar-refractivity contribution in [1.82, 2.24) is 0 Å². The van der Waals surface area contributed by atoms with E-state index in [1.54, 1.807) is 24.9 Å². The first-order chi connectivity index (χ1) is 13.4. The van der Waals surface area contributed by atoms with Crippen LogP contribution in [0.15, 0.2) is 68.3 Å². The third-order valence-corrected chi connectivity index (χ3v) is 6.77. The van der Waals surface area contributed by atoms with E-state index < -0.39 is 10.3 Å². The molecular formula is C23H40O3S2. The molecule has 5 heteroatoms. The van der Waals surface area contributed by atoms with Crippen molar-refractivity contribution in [2.24, 2.45) is 0 Å². The molecule has 0 aromatic heterocycles. The molecule has 0 aliphatic rings. The minimum Gasteiger partial charge on any atom is -0.390 e. The van der Waals surface area contributed by atoms with Crippen LogP contribution in [-0.4, -0.2) is 55.6 Å². The highest BCUT2D eigenvalue weighted by molar-refractivity contribution is 8.28. The minimum absolute atomic E-state index is 0.388. The maximum atomic E-state index is 9.87. The molecule has 0 spiro atoms. The van der Waals surface area contributed by atoms with Gasteiger partial charge in [-0.25, -0.2) is 0 Å². The molecule has 1 aromatic carbocycles. The van der Waals surface area contributed by atoms with E-state index in [1.807, 2.05) is 37.3 Å². The van der Waals surface area contributed by atoms with Gasteiger partial charge in [0.1, 0.15) is 0 Å². The predicted octanol–water partition coefficient (Wildman–Crippen LogP) is 5.86. The SMILES string of the molecule is C=C.C=C/C=C/C.COS(C)(C)CCCOCC(O)CSCc1ccccc1. The van der Waals surface area contributed by atoms with Crippen LogP contribution < -0.4 is 0 Å². The van der Waals surface area contributed by atoms with Gasteiger partial charge >= 0.3 is 0 Å². The number of hydrogen-bond donors (Lipinski definition) is 1. The highest BCUT2D eigenvalue weighted by Crippen LogP contribution is 2.40. The molecule has 0 aliphatic heterocycles. The molecule has 28 heavy (non-hydrogen) atoms. The van der Waals surface area contributed by atoms with Crippen LogP contribution in [0.3, 0.4) is 0 Å². The van der Waals surface area contributed by atoms with E-state index in [4.69, 9.17) is 8.92 Å². The zero-order valence-electron chi connectivity index (χ0n) is 18.1. The normalized spacial score (nSPS) is 12.3. The second-order valence-electron chi connectivity index (χ2n) is 6.15. The number of benzene rings is 1. The highest BCUT2D eigenvalue weighted by atomic mass is 32.3. The summed E-state index contributed by atoms with van der Waals surface area (Å²) in [5.41, 5.74) is 1.29. The van der Waals surface area contributed by atoms with Gasteiger partial charge in [-0.1, -0.05) is 55.1 Å². The van der Waals surface area contributed by atoms with E-state index >= 15 is 0 Å². The first kappa shape index (κ1) is 29.2. The number of aliphatic hydroxyl groups excluding tert-OH is 1. The molecule has 0 radical (unpaired) electrons. The lowest BCUT2D eigenvalue weighted by atomic mass is 10.2. The van der Waals surface area contributed by atoms with Gasteiger partial charge in [0.15, 0.2) is 0 Å². The van der Waals surface area contributed by atoms with E-state index in [0.717, 1.165) is 17.9 Å². The Bertz CT molecular complexity index is 490. The smallest absolute Gasteiger partial charge is 0.0863 e. The summed E-state index contributed by atoms with van der Waals surface area (Å²) in [6, 6.07) is 10.3. The largest absolute Gasteiger partial charge is 0.390 e. The maximum absolute atomic E-state index is 9.87. The second-order valence-corrected chi connectivity index (χ2v) is 10.8. The number of hydrogen-bond acceptors (Lipinski definition) is 4. The first-order valence-electron chi connectivity index (χ1n) is 9.33. The minimum atomic E-state index is -0.912. The molecular weight excluding hydrogens is 388 g/mol. The zero-order chi connectivity index (χ0) is 21.7. The van der Waals surface area contributed by atoms with E-state index in [9.17, 15) is 5.11 Å². The summed E-state index contributed by atoms with van der Waals surface area (Å²) < 4.78 is 11.0. The van der Waals surface area contributed by atoms with Crippen LogP contribution in [0.1, 0.15) is 18.9 Å². The fourth-order valence-corrected chi connectivity index (χ4v) is 3.78. The van der Waals surface area contributed by atoms with Gasteiger partial charge in [-0.3, -0.25) is 0 Å². The average molecular weight is 429 g/mol. The van der Waals surface area contributed by atoms with Gasteiger partial charge in [-0.05, 0) is 31.4 Å². The third kappa shape index (κ3) is 19.8. The summed E-state index contributed by atoms with van der Waals surface area (Å²) in [5, 5.41) is 9.87. The fraction of sp³-hybridized carbons (Fsp3) is 0.478. The number of allylic oxidation sites excluding steroid dienone is 3. The van der Waals surface area contributed by atoms with Gasteiger partial charge in [-0.15, -0.1) is 23.5 Å². The van der Waals surface area contributed by atoms with Gasteiger partial charge in [0, 0.05) is 31.0 Å². The van der Waals surface area contributed by atoms with Crippen LogP contribution in [-0.2, 0) is 14.7 Å². The Morgan fingerprint density at radius 2 is 1.86 bits per heavy atom. The van der Waals surface area contributed by atoms with Crippen molar-refractivity contribution in [3.63, 3.8) is 0 Å². The summed E-state index contributed by atoms with van der Waals surface area (Å²) in [5.74, 6) is 2.69. The van der Waals surface area contributed by atoms with E-state index in [2.05, 4.69) is 44.4 Å². The summed E-state index contributed by atoms with van der Waals surface area (Å²) in [6.07, 6.45) is 10.5. The molecule has 0 bridgehead atoms. The standard InChI is InChI=1S/C16H28O3S2.C5H8.C2H4/c1-18-21(2,3)11-7-10-19-12-16(17)14-20-13-15-8-5-4-6-9-15;1-3-5-4-2;1-2/h4-6,8-9,16-17H,7,10-14H2,1-3H3;3-5H,1H2,2H3;1-2H2/b;5-4+;. The fourth-order valence-electron chi connectivity index (χ4n) is 1.88. The molecule has 1 atom stereocenters. The predicted molar refractivity (Wildman–Crippen MR) is 132 cm³/mol. The van der Waals surface area contributed by atoms with Crippen LogP contribution in [0.5, 0.6) is 0 Å². The lowest BCUT2D eigenvalue weighted by Gasteiger charge is -2.28. The van der Waals surface area contributed by atoms with Crippen molar-refractivity contribution in [2.45, 2.75) is 25.2 Å². The Labute approximate surface area is 179 Å². The van der Waals surface area contributed by atoms with Crippen molar-refractivity contribution in [1.29, 1.82) is 0 Å². The molecule has 1 N–H and O–H groups in total. The van der Waals surface area contributed by atoms with Crippen LogP contribution in [0.25, 0.3) is 0 Å². The van der Waals surface area contributed by atoms with Gasteiger partial charge in [0.25, 0.3) is 0 Å². The van der Waals surface area contributed by atoms with Gasteiger partial charge in [0.05, 0.1) is 12.7 Å². The van der Waals surface area contributed by atoms with Crippen LogP contribution in [0.2, 0.25) is 0 Å². The number of rotatable bonds is 12. The van der Waals surface area contributed by atoms with Gasteiger partial charge in [0.2, 0.25) is 0 Å². The Kier molecular flexibility index (Phi) is 21.7. The van der Waals surface area contributed by atoms with E-state index in [-0.39, 0.29) is 6.10 Å².